The first kappa shape index (κ1) is 22.0. The van der Waals surface area contributed by atoms with Crippen LogP contribution in [0.3, 0.4) is 0 Å². The number of ether oxygens (including phenoxy) is 2. The number of carbonyl (C=O) groups excluding carboxylic acids is 3. The highest BCUT2D eigenvalue weighted by atomic mass is 16.6. The molecule has 0 aromatic rings. The molecule has 7 heteroatoms. The molecule has 0 radical (unpaired) electrons. The van der Waals surface area contributed by atoms with Crippen LogP contribution in [0.1, 0.15) is 52.9 Å². The number of rotatable bonds is 5. The van der Waals surface area contributed by atoms with Crippen LogP contribution in [0.25, 0.3) is 0 Å². The van der Waals surface area contributed by atoms with Crippen molar-refractivity contribution in [3.63, 3.8) is 0 Å². The number of cyclic esters (lactones) is 1. The molecule has 1 saturated heterocycles. The lowest BCUT2D eigenvalue weighted by Crippen LogP contribution is -2.62. The second kappa shape index (κ2) is 7.52. The van der Waals surface area contributed by atoms with E-state index in [9.17, 15) is 19.2 Å². The van der Waals surface area contributed by atoms with Gasteiger partial charge < -0.3 is 14.6 Å². The highest BCUT2D eigenvalue weighted by molar-refractivity contribution is 5.96. The van der Waals surface area contributed by atoms with E-state index in [-0.39, 0.29) is 23.7 Å². The minimum atomic E-state index is -1.05. The molecule has 1 N–H and O–H groups in total. The number of methoxy groups -OCH3 is 1. The highest BCUT2D eigenvalue weighted by Crippen LogP contribution is 2.69. The molecule has 3 rings (SSSR count). The van der Waals surface area contributed by atoms with Crippen molar-refractivity contribution < 1.29 is 33.8 Å². The van der Waals surface area contributed by atoms with E-state index in [1.807, 2.05) is 0 Å². The number of carboxylic acid groups (broad SMARTS) is 1. The standard InChI is InChI=1S/C23H28O7/c1-14(18(25)26)6-5-10-21(3)17-9-12-22(20(28)30-21)11-7-16(19(27)29-4)8-13-23(17,22)15(2)24/h5-7,10,17H,8-9,11-13H2,1-4H3,(H,25,26)/b10-5+,14-6+/t17-,21+,22+,23+/m0/s1. The summed E-state index contributed by atoms with van der Waals surface area (Å²) in [5, 5.41) is 9.04. The lowest BCUT2D eigenvalue weighted by atomic mass is 9.53. The van der Waals surface area contributed by atoms with Gasteiger partial charge in [0.1, 0.15) is 11.4 Å². The average Bonchev–Trinajstić information content (AvgIpc) is 2.86. The van der Waals surface area contributed by atoms with Gasteiger partial charge in [0, 0.05) is 17.1 Å². The molecule has 1 saturated carbocycles. The van der Waals surface area contributed by atoms with Crippen molar-refractivity contribution in [1.29, 1.82) is 0 Å². The maximum absolute atomic E-state index is 13.4. The Labute approximate surface area is 175 Å². The molecular formula is C23H28O7. The number of hydrogen-bond donors (Lipinski definition) is 1. The number of hydrogen-bond acceptors (Lipinski definition) is 6. The SMILES string of the molecule is COC(=O)C1=CC[C@@]23CC[C@@H]([C@@](C)(/C=C/C=C(\C)C(=O)O)OC2=O)[C@]3(C(C)=O)CC1. The van der Waals surface area contributed by atoms with Crippen LogP contribution in [-0.4, -0.2) is 41.5 Å². The third kappa shape index (κ3) is 3.02. The Kier molecular flexibility index (Phi) is 5.52. The summed E-state index contributed by atoms with van der Waals surface area (Å²) in [7, 11) is 1.31. The second-order valence-corrected chi connectivity index (χ2v) is 8.71. The van der Waals surface area contributed by atoms with E-state index in [0.717, 1.165) is 0 Å². The van der Waals surface area contributed by atoms with Crippen LogP contribution >= 0.6 is 0 Å². The van der Waals surface area contributed by atoms with Crippen molar-refractivity contribution >= 4 is 23.7 Å². The zero-order valence-corrected chi connectivity index (χ0v) is 17.8. The van der Waals surface area contributed by atoms with E-state index in [1.54, 1.807) is 25.2 Å². The number of carboxylic acids is 1. The quantitative estimate of drug-likeness (QED) is 0.417. The molecule has 3 aliphatic rings. The molecule has 2 fully saturated rings. The molecule has 1 heterocycles. The fourth-order valence-corrected chi connectivity index (χ4v) is 5.81. The largest absolute Gasteiger partial charge is 0.478 e. The number of carbonyl (C=O) groups is 4. The Morgan fingerprint density at radius 2 is 1.97 bits per heavy atom. The van der Waals surface area contributed by atoms with Crippen LogP contribution in [0.2, 0.25) is 0 Å². The van der Waals surface area contributed by atoms with Gasteiger partial charge >= 0.3 is 17.9 Å². The van der Waals surface area contributed by atoms with E-state index in [1.165, 1.54) is 27.0 Å². The van der Waals surface area contributed by atoms with Gasteiger partial charge in [-0.2, -0.15) is 0 Å². The minimum Gasteiger partial charge on any atom is -0.478 e. The van der Waals surface area contributed by atoms with Crippen LogP contribution in [0.15, 0.2) is 35.5 Å². The normalized spacial score (nSPS) is 35.9. The predicted molar refractivity (Wildman–Crippen MR) is 107 cm³/mol. The topological polar surface area (TPSA) is 107 Å². The van der Waals surface area contributed by atoms with E-state index >= 15 is 0 Å². The van der Waals surface area contributed by atoms with E-state index in [4.69, 9.17) is 14.6 Å². The third-order valence-corrected chi connectivity index (χ3v) is 7.38. The number of esters is 2. The van der Waals surface area contributed by atoms with Gasteiger partial charge in [-0.25, -0.2) is 9.59 Å². The minimum absolute atomic E-state index is 0.0713. The van der Waals surface area contributed by atoms with Crippen LogP contribution < -0.4 is 0 Å². The van der Waals surface area contributed by atoms with E-state index in [2.05, 4.69) is 0 Å². The molecule has 0 aromatic heterocycles. The van der Waals surface area contributed by atoms with Gasteiger partial charge in [-0.15, -0.1) is 0 Å². The van der Waals surface area contributed by atoms with Crippen LogP contribution in [0.4, 0.5) is 0 Å². The summed E-state index contributed by atoms with van der Waals surface area (Å²) >= 11 is 0. The smallest absolute Gasteiger partial charge is 0.333 e. The van der Waals surface area contributed by atoms with Crippen LogP contribution in [-0.2, 0) is 28.7 Å². The summed E-state index contributed by atoms with van der Waals surface area (Å²) in [5.41, 5.74) is -2.34. The Balaban J connectivity index is 2.07. The van der Waals surface area contributed by atoms with Gasteiger partial charge in [0.15, 0.2) is 0 Å². The van der Waals surface area contributed by atoms with E-state index in [0.29, 0.717) is 31.3 Å². The Hall–Kier alpha value is -2.70. The molecule has 2 bridgehead atoms. The molecule has 0 amide bonds. The molecule has 0 unspecified atom stereocenters. The molecule has 0 spiro atoms. The molecule has 2 aliphatic carbocycles. The summed E-state index contributed by atoms with van der Waals surface area (Å²) < 4.78 is 10.8. The first-order chi connectivity index (χ1) is 14.0. The Bertz CT molecular complexity index is 895. The summed E-state index contributed by atoms with van der Waals surface area (Å²) in [6.07, 6.45) is 8.58. The highest BCUT2D eigenvalue weighted by Gasteiger charge is 2.74. The molecular weight excluding hydrogens is 388 g/mol. The first-order valence-electron chi connectivity index (χ1n) is 10.2. The van der Waals surface area contributed by atoms with Gasteiger partial charge in [-0.1, -0.05) is 18.2 Å². The van der Waals surface area contributed by atoms with Crippen LogP contribution in [0, 0.1) is 16.7 Å². The number of allylic oxidation sites excluding steroid dienone is 3. The Morgan fingerprint density at radius 3 is 2.57 bits per heavy atom. The molecule has 7 nitrogen and oxygen atoms in total. The molecule has 4 atom stereocenters. The van der Waals surface area contributed by atoms with E-state index < -0.39 is 34.3 Å². The third-order valence-electron chi connectivity index (χ3n) is 7.38. The molecule has 0 aromatic carbocycles. The van der Waals surface area contributed by atoms with Gasteiger partial charge in [-0.3, -0.25) is 9.59 Å². The van der Waals surface area contributed by atoms with Crippen molar-refractivity contribution in [2.75, 3.05) is 7.11 Å². The zero-order chi connectivity index (χ0) is 22.3. The van der Waals surface area contributed by atoms with Gasteiger partial charge in [0.25, 0.3) is 0 Å². The summed E-state index contributed by atoms with van der Waals surface area (Å²) in [6.45, 7) is 4.77. The first-order valence-corrected chi connectivity index (χ1v) is 10.2. The average molecular weight is 416 g/mol. The van der Waals surface area contributed by atoms with Crippen molar-refractivity contribution in [2.45, 2.75) is 58.5 Å². The summed E-state index contributed by atoms with van der Waals surface area (Å²) in [6, 6.07) is 0. The maximum atomic E-state index is 13.4. The predicted octanol–water partition coefficient (Wildman–Crippen LogP) is 3.14. The fourth-order valence-electron chi connectivity index (χ4n) is 5.81. The van der Waals surface area contributed by atoms with Gasteiger partial charge in [0.2, 0.25) is 0 Å². The fraction of sp³-hybridized carbons (Fsp3) is 0.565. The Morgan fingerprint density at radius 1 is 1.27 bits per heavy atom. The van der Waals surface area contributed by atoms with Crippen molar-refractivity contribution in [1.82, 2.24) is 0 Å². The monoisotopic (exact) mass is 416 g/mol. The van der Waals surface area contributed by atoms with Gasteiger partial charge in [-0.05, 0) is 59.0 Å². The van der Waals surface area contributed by atoms with Crippen molar-refractivity contribution in [2.24, 2.45) is 16.7 Å². The molecule has 1 aliphatic heterocycles. The van der Waals surface area contributed by atoms with Crippen molar-refractivity contribution in [3.8, 4) is 0 Å². The maximum Gasteiger partial charge on any atom is 0.333 e. The zero-order valence-electron chi connectivity index (χ0n) is 17.8. The van der Waals surface area contributed by atoms with Crippen molar-refractivity contribution in [3.05, 3.63) is 35.5 Å². The number of aliphatic carboxylic acids is 1. The molecule has 30 heavy (non-hydrogen) atoms. The lowest BCUT2D eigenvalue weighted by molar-refractivity contribution is -0.205. The second-order valence-electron chi connectivity index (χ2n) is 8.71. The van der Waals surface area contributed by atoms with Gasteiger partial charge in [0.05, 0.1) is 17.9 Å². The number of ketones is 1. The number of Topliss-reactive ketones (excluding diaryl/α,β-unsaturated/α-hetero) is 1. The molecule has 162 valence electrons. The summed E-state index contributed by atoms with van der Waals surface area (Å²) in [5.74, 6) is -2.24. The lowest BCUT2D eigenvalue weighted by Gasteiger charge is -2.54. The summed E-state index contributed by atoms with van der Waals surface area (Å²) in [4.78, 5) is 49.7. The van der Waals surface area contributed by atoms with Crippen LogP contribution in [0.5, 0.6) is 0 Å².